The number of rotatable bonds is 2. The number of amides is 1. The molecule has 1 aliphatic heterocycles. The molecule has 1 atom stereocenters. The predicted molar refractivity (Wildman–Crippen MR) is 74.4 cm³/mol. The van der Waals surface area contributed by atoms with E-state index in [-0.39, 0.29) is 23.9 Å². The van der Waals surface area contributed by atoms with E-state index in [2.05, 4.69) is 5.32 Å². The number of nitrogen functional groups attached to an aromatic ring is 1. The largest absolute Gasteiger partial charge is 0.399 e. The monoisotopic (exact) mass is 290 g/mol. The Morgan fingerprint density at radius 1 is 1.56 bits per heavy atom. The highest BCUT2D eigenvalue weighted by Crippen LogP contribution is 2.22. The van der Waals surface area contributed by atoms with Crippen molar-refractivity contribution in [2.24, 2.45) is 0 Å². The van der Waals surface area contributed by atoms with Crippen molar-refractivity contribution < 1.29 is 9.53 Å². The average molecular weight is 291 g/mol. The highest BCUT2D eigenvalue weighted by atomic mass is 35.5. The molecule has 0 bridgehead atoms. The molecule has 0 spiro atoms. The normalized spacial score (nSPS) is 22.3. The van der Waals surface area contributed by atoms with Crippen molar-refractivity contribution in [3.63, 3.8) is 0 Å². The van der Waals surface area contributed by atoms with E-state index in [1.165, 1.54) is 0 Å². The molecule has 1 fully saturated rings. The summed E-state index contributed by atoms with van der Waals surface area (Å²) in [7, 11) is 0. The summed E-state index contributed by atoms with van der Waals surface area (Å²) in [5.74, 6) is -0.192. The molecule has 1 aliphatic rings. The Bertz CT molecular complexity index is 446. The second-order valence-corrected chi connectivity index (χ2v) is 4.96. The van der Waals surface area contributed by atoms with Crippen LogP contribution in [-0.2, 0) is 4.74 Å². The summed E-state index contributed by atoms with van der Waals surface area (Å²) in [6.07, 6.45) is 0.811. The summed E-state index contributed by atoms with van der Waals surface area (Å²) >= 11 is 5.98. The van der Waals surface area contributed by atoms with Crippen molar-refractivity contribution in [1.82, 2.24) is 5.32 Å². The quantitative estimate of drug-likeness (QED) is 0.821. The van der Waals surface area contributed by atoms with Gasteiger partial charge in [-0.25, -0.2) is 0 Å². The van der Waals surface area contributed by atoms with Gasteiger partial charge in [0.25, 0.3) is 5.91 Å². The first-order valence-corrected chi connectivity index (χ1v) is 5.83. The zero-order valence-electron chi connectivity index (χ0n) is 10.0. The van der Waals surface area contributed by atoms with Gasteiger partial charge < -0.3 is 15.8 Å². The molecule has 0 radical (unpaired) electrons. The number of ether oxygens (including phenoxy) is 1. The molecule has 100 valence electrons. The summed E-state index contributed by atoms with van der Waals surface area (Å²) < 4.78 is 5.28. The lowest BCUT2D eigenvalue weighted by Gasteiger charge is -2.23. The number of carbonyl (C=O) groups is 1. The molecular formula is C12H16Cl2N2O2. The van der Waals surface area contributed by atoms with Gasteiger partial charge in [0, 0.05) is 12.3 Å². The van der Waals surface area contributed by atoms with Crippen molar-refractivity contribution in [3.05, 3.63) is 28.8 Å². The minimum Gasteiger partial charge on any atom is -0.399 e. The molecule has 1 amide bonds. The maximum absolute atomic E-state index is 12.0. The number of nitrogens with two attached hydrogens (primary N) is 1. The summed E-state index contributed by atoms with van der Waals surface area (Å²) in [5, 5.41) is 3.31. The molecule has 6 heteroatoms. The summed E-state index contributed by atoms with van der Waals surface area (Å²) in [6.45, 7) is 3.17. The minimum absolute atomic E-state index is 0. The van der Waals surface area contributed by atoms with Gasteiger partial charge in [0.05, 0.1) is 22.7 Å². The first-order valence-electron chi connectivity index (χ1n) is 5.45. The van der Waals surface area contributed by atoms with Crippen molar-refractivity contribution in [2.45, 2.75) is 18.9 Å². The van der Waals surface area contributed by atoms with Gasteiger partial charge in [0.1, 0.15) is 0 Å². The number of carbonyl (C=O) groups excluding carboxylic acids is 1. The van der Waals surface area contributed by atoms with Crippen LogP contribution in [0.5, 0.6) is 0 Å². The van der Waals surface area contributed by atoms with Crippen LogP contribution in [0.3, 0.4) is 0 Å². The molecule has 0 aliphatic carbocycles. The van der Waals surface area contributed by atoms with Gasteiger partial charge in [-0.15, -0.1) is 12.4 Å². The zero-order valence-corrected chi connectivity index (χ0v) is 11.6. The van der Waals surface area contributed by atoms with Crippen molar-refractivity contribution in [3.8, 4) is 0 Å². The van der Waals surface area contributed by atoms with Gasteiger partial charge in [-0.1, -0.05) is 11.6 Å². The molecule has 1 aromatic rings. The Hall–Kier alpha value is -0.970. The van der Waals surface area contributed by atoms with Crippen molar-refractivity contribution in [1.29, 1.82) is 0 Å². The van der Waals surface area contributed by atoms with Gasteiger partial charge in [-0.2, -0.15) is 0 Å². The van der Waals surface area contributed by atoms with Gasteiger partial charge in [-0.3, -0.25) is 4.79 Å². The second-order valence-electron chi connectivity index (χ2n) is 4.56. The van der Waals surface area contributed by atoms with E-state index in [0.29, 0.717) is 29.5 Å². The van der Waals surface area contributed by atoms with E-state index in [4.69, 9.17) is 22.1 Å². The van der Waals surface area contributed by atoms with Crippen molar-refractivity contribution in [2.75, 3.05) is 18.9 Å². The molecule has 4 nitrogen and oxygen atoms in total. The Balaban J connectivity index is 0.00000162. The van der Waals surface area contributed by atoms with Crippen LogP contribution in [0.4, 0.5) is 5.69 Å². The van der Waals surface area contributed by atoms with Gasteiger partial charge in [-0.05, 0) is 31.5 Å². The summed E-state index contributed by atoms with van der Waals surface area (Å²) in [5.41, 5.74) is 6.26. The second kappa shape index (κ2) is 5.78. The maximum atomic E-state index is 12.0. The molecule has 1 unspecified atom stereocenters. The van der Waals surface area contributed by atoms with Crippen LogP contribution in [0.25, 0.3) is 0 Å². The van der Waals surface area contributed by atoms with Crippen LogP contribution in [-0.4, -0.2) is 24.7 Å². The number of nitrogens with one attached hydrogen (secondary N) is 1. The van der Waals surface area contributed by atoms with Gasteiger partial charge >= 0.3 is 0 Å². The Labute approximate surface area is 117 Å². The zero-order chi connectivity index (χ0) is 12.5. The number of anilines is 1. The summed E-state index contributed by atoms with van der Waals surface area (Å²) in [6, 6.07) is 4.87. The lowest BCUT2D eigenvalue weighted by molar-refractivity contribution is 0.0890. The third kappa shape index (κ3) is 3.28. The van der Waals surface area contributed by atoms with Crippen LogP contribution in [0.15, 0.2) is 18.2 Å². The lowest BCUT2D eigenvalue weighted by Crippen LogP contribution is -2.46. The first kappa shape index (κ1) is 15.1. The van der Waals surface area contributed by atoms with E-state index in [9.17, 15) is 4.79 Å². The van der Waals surface area contributed by atoms with E-state index in [1.54, 1.807) is 18.2 Å². The molecule has 0 aromatic heterocycles. The van der Waals surface area contributed by atoms with Gasteiger partial charge in [0.15, 0.2) is 0 Å². The molecule has 1 saturated heterocycles. The summed E-state index contributed by atoms with van der Waals surface area (Å²) in [4.78, 5) is 12.0. The first-order chi connectivity index (χ1) is 8.00. The minimum atomic E-state index is -0.304. The SMILES string of the molecule is CC1(NC(=O)c2ccc(N)cc2Cl)CCOC1.Cl. The Morgan fingerprint density at radius 2 is 2.28 bits per heavy atom. The van der Waals surface area contributed by atoms with E-state index in [0.717, 1.165) is 6.42 Å². The molecule has 2 rings (SSSR count). The van der Waals surface area contributed by atoms with Crippen molar-refractivity contribution >= 4 is 35.6 Å². The average Bonchev–Trinajstić information content (AvgIpc) is 2.64. The maximum Gasteiger partial charge on any atom is 0.253 e. The number of benzene rings is 1. The van der Waals surface area contributed by atoms with E-state index >= 15 is 0 Å². The van der Waals surface area contributed by atoms with E-state index < -0.39 is 0 Å². The number of hydrogen-bond donors (Lipinski definition) is 2. The standard InChI is InChI=1S/C12H15ClN2O2.ClH/c1-12(4-5-17-7-12)15-11(16)9-3-2-8(14)6-10(9)13;/h2-3,6H,4-5,7,14H2,1H3,(H,15,16);1H. The fourth-order valence-electron chi connectivity index (χ4n) is 1.82. The van der Waals surface area contributed by atoms with E-state index in [1.807, 2.05) is 6.92 Å². The highest BCUT2D eigenvalue weighted by molar-refractivity contribution is 6.34. The number of halogens is 2. The lowest BCUT2D eigenvalue weighted by atomic mass is 10.0. The molecule has 1 heterocycles. The molecular weight excluding hydrogens is 275 g/mol. The van der Waals surface area contributed by atoms with Gasteiger partial charge in [0.2, 0.25) is 0 Å². The highest BCUT2D eigenvalue weighted by Gasteiger charge is 2.31. The van der Waals surface area contributed by atoms with Crippen LogP contribution in [0.1, 0.15) is 23.7 Å². The molecule has 18 heavy (non-hydrogen) atoms. The van der Waals surface area contributed by atoms with Crippen LogP contribution >= 0.6 is 24.0 Å². The molecule has 0 saturated carbocycles. The molecule has 3 N–H and O–H groups in total. The predicted octanol–water partition coefficient (Wildman–Crippen LogP) is 2.25. The smallest absolute Gasteiger partial charge is 0.253 e. The van der Waals surface area contributed by atoms with Crippen LogP contribution in [0.2, 0.25) is 5.02 Å². The van der Waals surface area contributed by atoms with Crippen LogP contribution < -0.4 is 11.1 Å². The third-order valence-corrected chi connectivity index (χ3v) is 3.18. The Morgan fingerprint density at radius 3 is 2.83 bits per heavy atom. The topological polar surface area (TPSA) is 64.4 Å². The Kier molecular flexibility index (Phi) is 4.85. The fraction of sp³-hybridized carbons (Fsp3) is 0.417. The fourth-order valence-corrected chi connectivity index (χ4v) is 2.10. The number of hydrogen-bond acceptors (Lipinski definition) is 3. The van der Waals surface area contributed by atoms with Crippen LogP contribution in [0, 0.1) is 0 Å². The molecule has 1 aromatic carbocycles. The third-order valence-electron chi connectivity index (χ3n) is 2.87.